The number of hydrogen-bond acceptors (Lipinski definition) is 5. The van der Waals surface area contributed by atoms with Crippen molar-refractivity contribution in [1.29, 1.82) is 0 Å². The van der Waals surface area contributed by atoms with E-state index in [4.69, 9.17) is 13.9 Å². The lowest BCUT2D eigenvalue weighted by Crippen LogP contribution is -2.19. The predicted octanol–water partition coefficient (Wildman–Crippen LogP) is 5.87. The molecule has 4 nitrogen and oxygen atoms in total. The largest absolute Gasteiger partial charge is 0.460 e. The Morgan fingerprint density at radius 2 is 1.86 bits per heavy atom. The Balaban J connectivity index is 1.41. The van der Waals surface area contributed by atoms with Crippen molar-refractivity contribution in [1.82, 2.24) is 4.98 Å². The van der Waals surface area contributed by atoms with E-state index in [0.29, 0.717) is 28.9 Å². The van der Waals surface area contributed by atoms with Crippen molar-refractivity contribution in [3.63, 3.8) is 0 Å². The molecular formula is C22H16FNO3S. The Bertz CT molecular complexity index is 1100. The molecule has 0 saturated heterocycles. The van der Waals surface area contributed by atoms with Crippen molar-refractivity contribution < 1.29 is 18.3 Å². The van der Waals surface area contributed by atoms with Gasteiger partial charge in [0.15, 0.2) is 5.58 Å². The number of rotatable bonds is 4. The van der Waals surface area contributed by atoms with Gasteiger partial charge in [-0.2, -0.15) is 0 Å². The molecule has 1 atom stereocenters. The van der Waals surface area contributed by atoms with Gasteiger partial charge in [-0.3, -0.25) is 0 Å². The van der Waals surface area contributed by atoms with E-state index >= 15 is 0 Å². The summed E-state index contributed by atoms with van der Waals surface area (Å²) in [6.45, 7) is 0.299. The highest BCUT2D eigenvalue weighted by Crippen LogP contribution is 2.39. The van der Waals surface area contributed by atoms with Gasteiger partial charge in [0, 0.05) is 22.4 Å². The second-order valence-electron chi connectivity index (χ2n) is 6.46. The third-order valence-corrected chi connectivity index (χ3v) is 5.40. The van der Waals surface area contributed by atoms with Gasteiger partial charge in [-0.05, 0) is 24.3 Å². The summed E-state index contributed by atoms with van der Waals surface area (Å²) in [5.41, 5.74) is 3.93. The number of hydrogen-bond donors (Lipinski definition) is 0. The van der Waals surface area contributed by atoms with Crippen LogP contribution in [0.15, 0.2) is 76.4 Å². The maximum absolute atomic E-state index is 14.1. The van der Waals surface area contributed by atoms with Crippen LogP contribution in [0, 0.1) is 5.82 Å². The van der Waals surface area contributed by atoms with Crippen LogP contribution in [0.5, 0.6) is 5.75 Å². The summed E-state index contributed by atoms with van der Waals surface area (Å²) in [7, 11) is 0. The Morgan fingerprint density at radius 1 is 1.04 bits per heavy atom. The first kappa shape index (κ1) is 17.3. The molecular weight excluding hydrogens is 377 g/mol. The molecule has 0 radical (unpaired) electrons. The summed E-state index contributed by atoms with van der Waals surface area (Å²) in [6, 6.07) is 20.3. The predicted molar refractivity (Wildman–Crippen MR) is 105 cm³/mol. The quantitative estimate of drug-likeness (QED) is 0.406. The van der Waals surface area contributed by atoms with Crippen LogP contribution >= 0.6 is 11.8 Å². The van der Waals surface area contributed by atoms with Gasteiger partial charge < -0.3 is 13.9 Å². The molecule has 5 rings (SSSR count). The zero-order valence-corrected chi connectivity index (χ0v) is 15.6. The third-order valence-electron chi connectivity index (χ3n) is 4.52. The second kappa shape index (κ2) is 7.30. The SMILES string of the molecule is Fc1cc2c(c(CSc3nc4ccccc4o3)c1)OC(c1ccccc1)OC2. The van der Waals surface area contributed by atoms with E-state index in [2.05, 4.69) is 4.98 Å². The normalized spacial score (nSPS) is 16.0. The minimum absolute atomic E-state index is 0.299. The van der Waals surface area contributed by atoms with Crippen LogP contribution in [0.2, 0.25) is 0 Å². The maximum Gasteiger partial charge on any atom is 0.257 e. The molecule has 0 saturated carbocycles. The number of aromatic nitrogens is 1. The molecule has 0 spiro atoms. The van der Waals surface area contributed by atoms with E-state index in [1.807, 2.05) is 54.6 Å². The van der Waals surface area contributed by atoms with E-state index in [1.165, 1.54) is 23.9 Å². The molecule has 0 N–H and O–H groups in total. The molecule has 0 aliphatic carbocycles. The number of nitrogens with zero attached hydrogens (tertiary/aromatic N) is 1. The summed E-state index contributed by atoms with van der Waals surface area (Å²) in [5, 5.41) is 0.547. The summed E-state index contributed by atoms with van der Waals surface area (Å²) in [5.74, 6) is 0.844. The fraction of sp³-hybridized carbons (Fsp3) is 0.136. The van der Waals surface area contributed by atoms with Gasteiger partial charge in [0.2, 0.25) is 6.29 Å². The van der Waals surface area contributed by atoms with Crippen molar-refractivity contribution in [3.05, 3.63) is 89.2 Å². The maximum atomic E-state index is 14.1. The highest BCUT2D eigenvalue weighted by atomic mass is 32.2. The van der Waals surface area contributed by atoms with Gasteiger partial charge in [0.1, 0.15) is 17.1 Å². The second-order valence-corrected chi connectivity index (χ2v) is 7.39. The van der Waals surface area contributed by atoms with Crippen molar-refractivity contribution >= 4 is 22.9 Å². The summed E-state index contributed by atoms with van der Waals surface area (Å²) in [4.78, 5) is 4.46. The fourth-order valence-corrected chi connectivity index (χ4v) is 4.02. The number of thioether (sulfide) groups is 1. The van der Waals surface area contributed by atoms with Crippen LogP contribution in [0.3, 0.4) is 0 Å². The minimum atomic E-state index is -0.507. The highest BCUT2D eigenvalue weighted by molar-refractivity contribution is 7.98. The summed E-state index contributed by atoms with van der Waals surface area (Å²) in [6.07, 6.45) is -0.507. The van der Waals surface area contributed by atoms with Gasteiger partial charge in [0.05, 0.1) is 6.61 Å². The lowest BCUT2D eigenvalue weighted by atomic mass is 10.1. The lowest BCUT2D eigenvalue weighted by molar-refractivity contribution is -0.112. The summed E-state index contributed by atoms with van der Waals surface area (Å²) < 4.78 is 31.7. The van der Waals surface area contributed by atoms with Crippen molar-refractivity contribution in [2.75, 3.05) is 0 Å². The van der Waals surface area contributed by atoms with Gasteiger partial charge in [-0.1, -0.05) is 54.2 Å². The molecule has 2 heterocycles. The number of para-hydroxylation sites is 2. The van der Waals surface area contributed by atoms with E-state index < -0.39 is 6.29 Å². The Kier molecular flexibility index (Phi) is 4.50. The minimum Gasteiger partial charge on any atom is -0.460 e. The molecule has 140 valence electrons. The van der Waals surface area contributed by atoms with Crippen molar-refractivity contribution in [2.24, 2.45) is 0 Å². The molecule has 3 aromatic carbocycles. The van der Waals surface area contributed by atoms with E-state index in [-0.39, 0.29) is 5.82 Å². The molecule has 1 aliphatic heterocycles. The van der Waals surface area contributed by atoms with E-state index in [1.54, 1.807) is 0 Å². The van der Waals surface area contributed by atoms with Crippen LogP contribution in [0.1, 0.15) is 23.0 Å². The van der Waals surface area contributed by atoms with Gasteiger partial charge >= 0.3 is 0 Å². The Hall–Kier alpha value is -2.83. The first-order valence-corrected chi connectivity index (χ1v) is 9.88. The van der Waals surface area contributed by atoms with Crippen LogP contribution in [-0.2, 0) is 17.1 Å². The zero-order valence-electron chi connectivity index (χ0n) is 14.8. The number of benzene rings is 3. The van der Waals surface area contributed by atoms with E-state index in [9.17, 15) is 4.39 Å². The van der Waals surface area contributed by atoms with Crippen molar-refractivity contribution in [3.8, 4) is 5.75 Å². The van der Waals surface area contributed by atoms with Crippen molar-refractivity contribution in [2.45, 2.75) is 23.9 Å². The molecule has 1 aromatic heterocycles. The molecule has 6 heteroatoms. The molecule has 28 heavy (non-hydrogen) atoms. The fourth-order valence-electron chi connectivity index (χ4n) is 3.21. The molecule has 0 amide bonds. The van der Waals surface area contributed by atoms with Crippen LogP contribution < -0.4 is 4.74 Å². The van der Waals surface area contributed by atoms with Gasteiger partial charge in [-0.25, -0.2) is 9.37 Å². The monoisotopic (exact) mass is 393 g/mol. The van der Waals surface area contributed by atoms with Crippen LogP contribution in [0.4, 0.5) is 4.39 Å². The molecule has 4 aromatic rings. The van der Waals surface area contributed by atoms with Gasteiger partial charge in [-0.15, -0.1) is 0 Å². The van der Waals surface area contributed by atoms with E-state index in [0.717, 1.165) is 22.2 Å². The standard InChI is InChI=1S/C22H16FNO3S/c23-17-10-15-12-25-21(14-6-2-1-3-7-14)27-20(15)16(11-17)13-28-22-24-18-8-4-5-9-19(18)26-22/h1-11,21H,12-13H2. The average Bonchev–Trinajstić information content (AvgIpc) is 3.15. The lowest BCUT2D eigenvalue weighted by Gasteiger charge is -2.28. The molecule has 1 unspecified atom stereocenters. The molecule has 0 bridgehead atoms. The van der Waals surface area contributed by atoms with Gasteiger partial charge in [0.25, 0.3) is 5.22 Å². The molecule has 1 aliphatic rings. The van der Waals surface area contributed by atoms with Crippen LogP contribution in [0.25, 0.3) is 11.1 Å². The first-order chi connectivity index (χ1) is 13.8. The smallest absolute Gasteiger partial charge is 0.257 e. The Labute approximate surface area is 165 Å². The zero-order chi connectivity index (χ0) is 18.9. The number of halogens is 1. The average molecular weight is 393 g/mol. The first-order valence-electron chi connectivity index (χ1n) is 8.89. The Morgan fingerprint density at radius 3 is 2.71 bits per heavy atom. The number of ether oxygens (including phenoxy) is 2. The number of fused-ring (bicyclic) bond motifs is 2. The topological polar surface area (TPSA) is 44.5 Å². The third kappa shape index (κ3) is 3.37. The van der Waals surface area contributed by atoms with Crippen LogP contribution in [-0.4, -0.2) is 4.98 Å². The number of oxazole rings is 1. The summed E-state index contributed by atoms with van der Waals surface area (Å²) >= 11 is 1.41. The molecule has 0 fully saturated rings. The highest BCUT2D eigenvalue weighted by Gasteiger charge is 2.25.